The first-order valence-electron chi connectivity index (χ1n) is 7.05. The van der Waals surface area contributed by atoms with Crippen molar-refractivity contribution < 1.29 is 9.26 Å². The number of nitrogens with zero attached hydrogens (tertiary/aromatic N) is 2. The van der Waals surface area contributed by atoms with Gasteiger partial charge in [0.25, 0.3) is 0 Å². The fourth-order valence-electron chi connectivity index (χ4n) is 2.63. The molecular weight excluding hydrogens is 302 g/mol. The summed E-state index contributed by atoms with van der Waals surface area (Å²) < 4.78 is 10.8. The first-order chi connectivity index (χ1) is 10.4. The molecule has 1 saturated heterocycles. The smallest absolute Gasteiger partial charge is 0.246 e. The second kappa shape index (κ2) is 6.44. The van der Waals surface area contributed by atoms with Gasteiger partial charge in [0.2, 0.25) is 11.7 Å². The van der Waals surface area contributed by atoms with E-state index in [4.69, 9.17) is 9.26 Å². The van der Waals surface area contributed by atoms with Crippen molar-refractivity contribution in [3.05, 3.63) is 48.4 Å². The van der Waals surface area contributed by atoms with Gasteiger partial charge in [-0.25, -0.2) is 0 Å². The largest absolute Gasteiger partial charge is 0.378 e. The maximum Gasteiger partial charge on any atom is 0.246 e. The van der Waals surface area contributed by atoms with Gasteiger partial charge in [-0.05, 0) is 10.8 Å². The third-order valence-corrected chi connectivity index (χ3v) is 3.69. The van der Waals surface area contributed by atoms with Crippen molar-refractivity contribution >= 4 is 23.2 Å². The van der Waals surface area contributed by atoms with Crippen molar-refractivity contribution in [2.24, 2.45) is 0 Å². The van der Waals surface area contributed by atoms with Gasteiger partial charge >= 0.3 is 0 Å². The van der Waals surface area contributed by atoms with Crippen LogP contribution < -0.4 is 5.32 Å². The van der Waals surface area contributed by atoms with E-state index < -0.39 is 0 Å². The van der Waals surface area contributed by atoms with Crippen LogP contribution in [0.4, 0.5) is 0 Å². The Morgan fingerprint density at radius 1 is 1.09 bits per heavy atom. The number of aromatic nitrogens is 2. The van der Waals surface area contributed by atoms with Crippen LogP contribution in [0.3, 0.4) is 0 Å². The minimum Gasteiger partial charge on any atom is -0.378 e. The lowest BCUT2D eigenvalue weighted by Gasteiger charge is -2.20. The highest BCUT2D eigenvalue weighted by Crippen LogP contribution is 2.27. The lowest BCUT2D eigenvalue weighted by molar-refractivity contribution is 0.0659. The van der Waals surface area contributed by atoms with E-state index in [0.29, 0.717) is 18.3 Å². The summed E-state index contributed by atoms with van der Waals surface area (Å²) in [7, 11) is 0. The summed E-state index contributed by atoms with van der Waals surface area (Å²) in [6.07, 6.45) is 0. The molecule has 6 heteroatoms. The van der Waals surface area contributed by atoms with E-state index in [9.17, 15) is 0 Å². The molecule has 0 aliphatic carbocycles. The van der Waals surface area contributed by atoms with E-state index in [1.165, 1.54) is 5.39 Å². The van der Waals surface area contributed by atoms with Gasteiger partial charge in [-0.1, -0.05) is 47.6 Å². The third-order valence-electron chi connectivity index (χ3n) is 3.69. The zero-order chi connectivity index (χ0) is 14.1. The van der Waals surface area contributed by atoms with E-state index in [2.05, 4.69) is 33.7 Å². The zero-order valence-electron chi connectivity index (χ0n) is 11.9. The van der Waals surface area contributed by atoms with Gasteiger partial charge in [-0.2, -0.15) is 4.98 Å². The van der Waals surface area contributed by atoms with Gasteiger partial charge in [0.05, 0.1) is 13.2 Å². The maximum absolute atomic E-state index is 5.43. The molecule has 2 aromatic carbocycles. The van der Waals surface area contributed by atoms with Crippen LogP contribution in [0.1, 0.15) is 11.9 Å². The second-order valence-electron chi connectivity index (χ2n) is 5.06. The number of hydrogen-bond acceptors (Lipinski definition) is 5. The van der Waals surface area contributed by atoms with Gasteiger partial charge in [0.15, 0.2) is 0 Å². The van der Waals surface area contributed by atoms with E-state index >= 15 is 0 Å². The number of morpholine rings is 1. The zero-order valence-corrected chi connectivity index (χ0v) is 12.7. The summed E-state index contributed by atoms with van der Waals surface area (Å²) in [5.41, 5.74) is 0.986. The Bertz CT molecular complexity index is 763. The van der Waals surface area contributed by atoms with Crippen molar-refractivity contribution in [1.82, 2.24) is 15.5 Å². The van der Waals surface area contributed by atoms with Crippen LogP contribution in [0.25, 0.3) is 22.2 Å². The Balaban J connectivity index is 0.00000144. The maximum atomic E-state index is 5.43. The van der Waals surface area contributed by atoms with Crippen LogP contribution in [-0.2, 0) is 4.74 Å². The van der Waals surface area contributed by atoms with E-state index in [-0.39, 0.29) is 18.4 Å². The SMILES string of the molecule is Cl.c1ccc2c(-c3noc(C4COCCN4)n3)cccc2c1. The Kier molecular flexibility index (Phi) is 4.38. The van der Waals surface area contributed by atoms with Crippen molar-refractivity contribution in [3.63, 3.8) is 0 Å². The van der Waals surface area contributed by atoms with Crippen molar-refractivity contribution in [3.8, 4) is 11.4 Å². The molecule has 22 heavy (non-hydrogen) atoms. The highest BCUT2D eigenvalue weighted by Gasteiger charge is 2.22. The van der Waals surface area contributed by atoms with Crippen molar-refractivity contribution in [1.29, 1.82) is 0 Å². The highest BCUT2D eigenvalue weighted by molar-refractivity contribution is 5.94. The predicted molar refractivity (Wildman–Crippen MR) is 86.1 cm³/mol. The first kappa shape index (κ1) is 15.0. The van der Waals surface area contributed by atoms with Crippen molar-refractivity contribution in [2.75, 3.05) is 19.8 Å². The number of hydrogen-bond donors (Lipinski definition) is 1. The molecule has 1 N–H and O–H groups in total. The van der Waals surface area contributed by atoms with Crippen LogP contribution >= 0.6 is 12.4 Å². The third kappa shape index (κ3) is 2.70. The molecular formula is C16H16ClN3O2. The summed E-state index contributed by atoms with van der Waals surface area (Å²) in [5, 5.41) is 9.74. The molecule has 1 unspecified atom stereocenters. The molecule has 1 fully saturated rings. The summed E-state index contributed by atoms with van der Waals surface area (Å²) >= 11 is 0. The Hall–Kier alpha value is -1.95. The average molecular weight is 318 g/mol. The monoisotopic (exact) mass is 317 g/mol. The number of nitrogens with one attached hydrogen (secondary N) is 1. The Morgan fingerprint density at radius 2 is 1.95 bits per heavy atom. The van der Waals surface area contributed by atoms with Crippen LogP contribution in [-0.4, -0.2) is 29.9 Å². The van der Waals surface area contributed by atoms with Gasteiger partial charge in [-0.3, -0.25) is 0 Å². The molecule has 2 heterocycles. The number of benzene rings is 2. The summed E-state index contributed by atoms with van der Waals surface area (Å²) in [5.74, 6) is 1.20. The number of rotatable bonds is 2. The molecule has 1 aliphatic heterocycles. The molecule has 114 valence electrons. The quantitative estimate of drug-likeness (QED) is 0.787. The molecule has 1 aromatic heterocycles. The predicted octanol–water partition coefficient (Wildman–Crippen LogP) is 2.97. The van der Waals surface area contributed by atoms with Gasteiger partial charge < -0.3 is 14.6 Å². The van der Waals surface area contributed by atoms with Crippen LogP contribution in [0, 0.1) is 0 Å². The molecule has 1 aliphatic rings. The lowest BCUT2D eigenvalue weighted by Crippen LogP contribution is -2.34. The number of halogens is 1. The Labute approximate surface area is 134 Å². The van der Waals surface area contributed by atoms with E-state index in [1.807, 2.05) is 24.3 Å². The van der Waals surface area contributed by atoms with Gasteiger partial charge in [0, 0.05) is 12.1 Å². The first-order valence-corrected chi connectivity index (χ1v) is 7.05. The number of ether oxygens (including phenoxy) is 1. The Morgan fingerprint density at radius 3 is 2.82 bits per heavy atom. The van der Waals surface area contributed by atoms with E-state index in [1.54, 1.807) is 0 Å². The van der Waals surface area contributed by atoms with Crippen molar-refractivity contribution in [2.45, 2.75) is 6.04 Å². The number of fused-ring (bicyclic) bond motifs is 1. The minimum absolute atomic E-state index is 0. The van der Waals surface area contributed by atoms with Crippen LogP contribution in [0.5, 0.6) is 0 Å². The standard InChI is InChI=1S/C16H15N3O2.ClH/c1-2-6-12-11(4-1)5-3-7-13(12)15-18-16(21-19-15)14-10-20-9-8-17-14;/h1-7,14,17H,8-10H2;1H. The van der Waals surface area contributed by atoms with E-state index in [0.717, 1.165) is 24.1 Å². The molecule has 0 spiro atoms. The fraction of sp³-hybridized carbons (Fsp3) is 0.250. The molecule has 0 radical (unpaired) electrons. The van der Waals surface area contributed by atoms with Crippen LogP contribution in [0.15, 0.2) is 47.0 Å². The lowest BCUT2D eigenvalue weighted by atomic mass is 10.0. The average Bonchev–Trinajstić information content (AvgIpc) is 3.05. The molecule has 0 saturated carbocycles. The normalized spacial score (nSPS) is 18.1. The van der Waals surface area contributed by atoms with Crippen LogP contribution in [0.2, 0.25) is 0 Å². The molecule has 0 bridgehead atoms. The summed E-state index contributed by atoms with van der Waals surface area (Å²) in [6.45, 7) is 2.09. The fourth-order valence-corrected chi connectivity index (χ4v) is 2.63. The summed E-state index contributed by atoms with van der Waals surface area (Å²) in [4.78, 5) is 4.53. The summed E-state index contributed by atoms with van der Waals surface area (Å²) in [6, 6.07) is 14.3. The van der Waals surface area contributed by atoms with Gasteiger partial charge in [0.1, 0.15) is 6.04 Å². The highest BCUT2D eigenvalue weighted by atomic mass is 35.5. The topological polar surface area (TPSA) is 60.2 Å². The molecule has 0 amide bonds. The molecule has 1 atom stereocenters. The second-order valence-corrected chi connectivity index (χ2v) is 5.06. The van der Waals surface area contributed by atoms with Gasteiger partial charge in [-0.15, -0.1) is 12.4 Å². The molecule has 5 nitrogen and oxygen atoms in total. The molecule has 3 aromatic rings. The molecule has 4 rings (SSSR count). The minimum atomic E-state index is -0.0185.